The Morgan fingerprint density at radius 1 is 0.882 bits per heavy atom. The maximum absolute atomic E-state index is 13.4. The molecule has 7 nitrogen and oxygen atoms in total. The van der Waals surface area contributed by atoms with E-state index in [0.29, 0.717) is 6.54 Å². The first-order valence-corrected chi connectivity index (χ1v) is 11.4. The summed E-state index contributed by atoms with van der Waals surface area (Å²) >= 11 is 0. The first-order valence-electron chi connectivity index (χ1n) is 11.4. The number of rotatable bonds is 7. The van der Waals surface area contributed by atoms with Crippen LogP contribution in [0.15, 0.2) is 78.9 Å². The van der Waals surface area contributed by atoms with Crippen molar-refractivity contribution in [2.45, 2.75) is 12.6 Å². The number of hydrogen-bond acceptors (Lipinski definition) is 6. The van der Waals surface area contributed by atoms with Crippen molar-refractivity contribution in [2.75, 3.05) is 38.2 Å². The van der Waals surface area contributed by atoms with Crippen molar-refractivity contribution in [1.29, 1.82) is 0 Å². The molecule has 0 saturated carbocycles. The summed E-state index contributed by atoms with van der Waals surface area (Å²) in [4.78, 5) is 4.78. The summed E-state index contributed by atoms with van der Waals surface area (Å²) in [5.41, 5.74) is 3.20. The number of benzene rings is 3. The van der Waals surface area contributed by atoms with Gasteiger partial charge >= 0.3 is 0 Å². The summed E-state index contributed by atoms with van der Waals surface area (Å²) in [5.74, 6) is 1.41. The zero-order valence-corrected chi connectivity index (χ0v) is 19.1. The second-order valence-corrected chi connectivity index (χ2v) is 8.33. The summed E-state index contributed by atoms with van der Waals surface area (Å²) in [6.07, 6.45) is 0. The lowest BCUT2D eigenvalue weighted by atomic mass is 10.0. The van der Waals surface area contributed by atoms with Crippen molar-refractivity contribution in [2.24, 2.45) is 0 Å². The maximum atomic E-state index is 13.4. The predicted octanol–water partition coefficient (Wildman–Crippen LogP) is 3.78. The lowest BCUT2D eigenvalue weighted by Crippen LogP contribution is -2.48. The summed E-state index contributed by atoms with van der Waals surface area (Å²) in [7, 11) is 1.71. The van der Waals surface area contributed by atoms with Gasteiger partial charge in [0.05, 0.1) is 25.4 Å². The third-order valence-corrected chi connectivity index (χ3v) is 6.27. The Morgan fingerprint density at radius 3 is 2.32 bits per heavy atom. The van der Waals surface area contributed by atoms with Crippen LogP contribution < -0.4 is 9.64 Å². The van der Waals surface area contributed by atoms with Gasteiger partial charge in [-0.1, -0.05) is 54.6 Å². The van der Waals surface area contributed by atoms with Crippen LogP contribution in [0, 0.1) is 5.82 Å². The van der Waals surface area contributed by atoms with E-state index in [9.17, 15) is 4.39 Å². The van der Waals surface area contributed by atoms with E-state index in [1.54, 1.807) is 19.2 Å². The average Bonchev–Trinajstić information content (AvgIpc) is 3.34. The molecule has 0 unspecified atom stereocenters. The van der Waals surface area contributed by atoms with Crippen LogP contribution in [0.25, 0.3) is 0 Å². The Balaban J connectivity index is 1.41. The number of nitrogens with zero attached hydrogens (tertiary/aromatic N) is 6. The number of para-hydroxylation sites is 2. The SMILES string of the molecule is COc1ccccc1N1CCN([C@H](c2ccccc2)c2nnnn2Cc2ccc(F)cc2)CC1. The fourth-order valence-electron chi connectivity index (χ4n) is 4.55. The van der Waals surface area contributed by atoms with Gasteiger partial charge < -0.3 is 9.64 Å². The Kier molecular flexibility index (Phi) is 6.49. The Bertz CT molecular complexity index is 1210. The second-order valence-electron chi connectivity index (χ2n) is 8.33. The normalized spacial score (nSPS) is 15.3. The lowest BCUT2D eigenvalue weighted by Gasteiger charge is -2.40. The number of anilines is 1. The minimum absolute atomic E-state index is 0.0866. The number of hydrogen-bond donors (Lipinski definition) is 0. The molecule has 0 bridgehead atoms. The van der Waals surface area contributed by atoms with Gasteiger partial charge in [-0.25, -0.2) is 9.07 Å². The Morgan fingerprint density at radius 2 is 1.59 bits per heavy atom. The molecule has 3 aromatic carbocycles. The van der Waals surface area contributed by atoms with Crippen LogP contribution in [0.2, 0.25) is 0 Å². The predicted molar refractivity (Wildman–Crippen MR) is 128 cm³/mol. The van der Waals surface area contributed by atoms with Gasteiger partial charge in [-0.3, -0.25) is 4.90 Å². The minimum Gasteiger partial charge on any atom is -0.495 e. The molecule has 4 aromatic rings. The molecule has 2 heterocycles. The molecule has 0 aliphatic carbocycles. The van der Waals surface area contributed by atoms with Gasteiger partial charge in [-0.05, 0) is 45.8 Å². The molecule has 1 fully saturated rings. The van der Waals surface area contributed by atoms with E-state index in [-0.39, 0.29) is 11.9 Å². The maximum Gasteiger partial charge on any atom is 0.173 e. The highest BCUT2D eigenvalue weighted by molar-refractivity contribution is 5.58. The van der Waals surface area contributed by atoms with E-state index in [2.05, 4.69) is 43.5 Å². The quantitative estimate of drug-likeness (QED) is 0.420. The van der Waals surface area contributed by atoms with Gasteiger partial charge in [0.25, 0.3) is 0 Å². The van der Waals surface area contributed by atoms with E-state index in [4.69, 9.17) is 4.74 Å². The highest BCUT2D eigenvalue weighted by atomic mass is 19.1. The Hall–Kier alpha value is -3.78. The molecule has 1 atom stereocenters. The van der Waals surface area contributed by atoms with Crippen LogP contribution in [0.1, 0.15) is 23.0 Å². The van der Waals surface area contributed by atoms with Crippen LogP contribution in [0.5, 0.6) is 5.75 Å². The summed E-state index contributed by atoms with van der Waals surface area (Å²) < 4.78 is 20.8. The summed E-state index contributed by atoms with van der Waals surface area (Å²) in [6.45, 7) is 3.90. The van der Waals surface area contributed by atoms with Gasteiger partial charge in [-0.15, -0.1) is 5.10 Å². The standard InChI is InChI=1S/C26H27FN6O/c1-34-24-10-6-5-9-23(24)31-15-17-32(18-16-31)25(21-7-3-2-4-8-21)26-28-29-30-33(26)19-20-11-13-22(27)14-12-20/h2-14,25H,15-19H2,1H3/t25-/m1/s1. The lowest BCUT2D eigenvalue weighted by molar-refractivity contribution is 0.201. The summed E-state index contributed by atoms with van der Waals surface area (Å²) in [5, 5.41) is 12.7. The highest BCUT2D eigenvalue weighted by Gasteiger charge is 2.31. The molecule has 1 aliphatic heterocycles. The van der Waals surface area contributed by atoms with Crippen molar-refractivity contribution < 1.29 is 9.13 Å². The molecule has 1 aromatic heterocycles. The van der Waals surface area contributed by atoms with Crippen LogP contribution in [-0.4, -0.2) is 58.4 Å². The van der Waals surface area contributed by atoms with Gasteiger partial charge in [-0.2, -0.15) is 0 Å². The summed E-state index contributed by atoms with van der Waals surface area (Å²) in [6, 6.07) is 24.9. The largest absolute Gasteiger partial charge is 0.495 e. The zero-order chi connectivity index (χ0) is 23.3. The van der Waals surface area contributed by atoms with E-state index < -0.39 is 0 Å². The molecular weight excluding hydrogens is 431 g/mol. The minimum atomic E-state index is -0.254. The number of aromatic nitrogens is 4. The molecule has 0 spiro atoms. The zero-order valence-electron chi connectivity index (χ0n) is 19.1. The Labute approximate surface area is 198 Å². The number of tetrazole rings is 1. The fraction of sp³-hybridized carbons (Fsp3) is 0.269. The van der Waals surface area contributed by atoms with Crippen molar-refractivity contribution in [3.63, 3.8) is 0 Å². The number of piperazine rings is 1. The van der Waals surface area contributed by atoms with Crippen molar-refractivity contribution >= 4 is 5.69 Å². The number of ether oxygens (including phenoxy) is 1. The van der Waals surface area contributed by atoms with Crippen molar-refractivity contribution in [1.82, 2.24) is 25.1 Å². The molecule has 34 heavy (non-hydrogen) atoms. The number of halogens is 1. The molecule has 0 N–H and O–H groups in total. The number of methoxy groups -OCH3 is 1. The first-order chi connectivity index (χ1) is 16.7. The third-order valence-electron chi connectivity index (χ3n) is 6.27. The van der Waals surface area contributed by atoms with Crippen LogP contribution in [-0.2, 0) is 6.54 Å². The van der Waals surface area contributed by atoms with Gasteiger partial charge in [0.15, 0.2) is 5.82 Å². The molecule has 1 aliphatic rings. The van der Waals surface area contributed by atoms with E-state index in [0.717, 1.165) is 54.6 Å². The molecular formula is C26H27FN6O. The van der Waals surface area contributed by atoms with E-state index in [1.807, 2.05) is 41.1 Å². The van der Waals surface area contributed by atoms with Gasteiger partial charge in [0, 0.05) is 26.2 Å². The topological polar surface area (TPSA) is 59.3 Å². The molecule has 8 heteroatoms. The van der Waals surface area contributed by atoms with Crippen LogP contribution in [0.4, 0.5) is 10.1 Å². The average molecular weight is 459 g/mol. The smallest absolute Gasteiger partial charge is 0.173 e. The molecule has 1 saturated heterocycles. The molecule has 0 radical (unpaired) electrons. The fourth-order valence-corrected chi connectivity index (χ4v) is 4.55. The molecule has 174 valence electrons. The first kappa shape index (κ1) is 22.0. The van der Waals surface area contributed by atoms with Crippen molar-refractivity contribution in [3.05, 3.63) is 102 Å². The van der Waals surface area contributed by atoms with Gasteiger partial charge in [0.2, 0.25) is 0 Å². The van der Waals surface area contributed by atoms with Crippen LogP contribution >= 0.6 is 0 Å². The third kappa shape index (κ3) is 4.63. The van der Waals surface area contributed by atoms with Crippen LogP contribution in [0.3, 0.4) is 0 Å². The molecule has 5 rings (SSSR count). The second kappa shape index (κ2) is 10.0. The van der Waals surface area contributed by atoms with E-state index in [1.165, 1.54) is 12.1 Å². The highest BCUT2D eigenvalue weighted by Crippen LogP contribution is 2.32. The van der Waals surface area contributed by atoms with Gasteiger partial charge in [0.1, 0.15) is 11.6 Å². The van der Waals surface area contributed by atoms with Crippen molar-refractivity contribution in [3.8, 4) is 5.75 Å². The monoisotopic (exact) mass is 458 g/mol. The van der Waals surface area contributed by atoms with E-state index >= 15 is 0 Å². The molecule has 0 amide bonds.